The molecule has 0 saturated heterocycles. The summed E-state index contributed by atoms with van der Waals surface area (Å²) in [5.74, 6) is -0.199. The van der Waals surface area contributed by atoms with Crippen molar-refractivity contribution in [3.63, 3.8) is 0 Å². The standard InChI is InChI=1S/C14H17NO3/c1-4-9-7-11(14(17)18-3)8-10-5-6-12(16)15(2)13(9)10/h7-8H,4-6H2,1-3H3. The summed E-state index contributed by atoms with van der Waals surface area (Å²) < 4.78 is 4.76. The highest BCUT2D eigenvalue weighted by atomic mass is 16.5. The minimum absolute atomic E-state index is 0.128. The van der Waals surface area contributed by atoms with E-state index in [4.69, 9.17) is 4.74 Å². The van der Waals surface area contributed by atoms with Crippen molar-refractivity contribution >= 4 is 17.6 Å². The van der Waals surface area contributed by atoms with Crippen LogP contribution in [0.4, 0.5) is 5.69 Å². The maximum atomic E-state index is 11.7. The molecule has 0 aliphatic carbocycles. The Bertz CT molecular complexity index is 491. The Morgan fingerprint density at radius 3 is 2.72 bits per heavy atom. The molecule has 2 rings (SSSR count). The van der Waals surface area contributed by atoms with Crippen molar-refractivity contribution in [1.82, 2.24) is 0 Å². The zero-order chi connectivity index (χ0) is 13.3. The van der Waals surface area contributed by atoms with E-state index in [2.05, 4.69) is 0 Å². The van der Waals surface area contributed by atoms with Crippen LogP contribution in [0, 0.1) is 0 Å². The van der Waals surface area contributed by atoms with Gasteiger partial charge in [0.15, 0.2) is 0 Å². The first-order valence-corrected chi connectivity index (χ1v) is 6.09. The normalized spacial score (nSPS) is 14.4. The smallest absolute Gasteiger partial charge is 0.337 e. The number of esters is 1. The van der Waals surface area contributed by atoms with Gasteiger partial charge in [-0.15, -0.1) is 0 Å². The van der Waals surface area contributed by atoms with Gasteiger partial charge in [-0.3, -0.25) is 4.79 Å². The minimum atomic E-state index is -0.327. The second-order valence-electron chi connectivity index (χ2n) is 4.44. The van der Waals surface area contributed by atoms with Gasteiger partial charge >= 0.3 is 5.97 Å². The molecule has 0 radical (unpaired) electrons. The Hall–Kier alpha value is -1.84. The molecule has 4 heteroatoms. The average Bonchev–Trinajstić information content (AvgIpc) is 2.40. The molecule has 0 N–H and O–H groups in total. The number of methoxy groups -OCH3 is 1. The predicted octanol–water partition coefficient (Wildman–Crippen LogP) is 1.94. The second-order valence-corrected chi connectivity index (χ2v) is 4.44. The van der Waals surface area contributed by atoms with Crippen LogP contribution in [0.25, 0.3) is 0 Å². The molecule has 1 heterocycles. The van der Waals surface area contributed by atoms with Gasteiger partial charge in [-0.1, -0.05) is 6.92 Å². The van der Waals surface area contributed by atoms with Crippen molar-refractivity contribution in [3.8, 4) is 0 Å². The Morgan fingerprint density at radius 2 is 2.11 bits per heavy atom. The van der Waals surface area contributed by atoms with Gasteiger partial charge in [0, 0.05) is 19.2 Å². The molecule has 0 atom stereocenters. The summed E-state index contributed by atoms with van der Waals surface area (Å²) in [5, 5.41) is 0. The number of rotatable bonds is 2. The number of anilines is 1. The number of benzene rings is 1. The number of ether oxygens (including phenoxy) is 1. The van der Waals surface area contributed by atoms with Crippen molar-refractivity contribution in [2.24, 2.45) is 0 Å². The molecule has 96 valence electrons. The number of nitrogens with zero attached hydrogens (tertiary/aromatic N) is 1. The number of aryl methyl sites for hydroxylation is 2. The third kappa shape index (κ3) is 1.98. The molecule has 0 unspecified atom stereocenters. The van der Waals surface area contributed by atoms with Crippen LogP contribution in [-0.2, 0) is 22.4 Å². The summed E-state index contributed by atoms with van der Waals surface area (Å²) in [4.78, 5) is 25.0. The summed E-state index contributed by atoms with van der Waals surface area (Å²) in [6, 6.07) is 3.66. The Morgan fingerprint density at radius 1 is 1.39 bits per heavy atom. The number of hydrogen-bond donors (Lipinski definition) is 0. The lowest BCUT2D eigenvalue weighted by Crippen LogP contribution is -2.32. The van der Waals surface area contributed by atoms with Crippen molar-refractivity contribution in [2.75, 3.05) is 19.1 Å². The quantitative estimate of drug-likeness (QED) is 0.750. The molecule has 4 nitrogen and oxygen atoms in total. The topological polar surface area (TPSA) is 46.6 Å². The zero-order valence-electron chi connectivity index (χ0n) is 10.9. The SMILES string of the molecule is CCc1cc(C(=O)OC)cc2c1N(C)C(=O)CC2. The van der Waals surface area contributed by atoms with E-state index in [1.807, 2.05) is 19.1 Å². The highest BCUT2D eigenvalue weighted by molar-refractivity contribution is 5.98. The summed E-state index contributed by atoms with van der Waals surface area (Å²) in [6.07, 6.45) is 1.97. The van der Waals surface area contributed by atoms with Crippen LogP contribution in [0.15, 0.2) is 12.1 Å². The fourth-order valence-electron chi connectivity index (χ4n) is 2.42. The van der Waals surface area contributed by atoms with Crippen LogP contribution in [0.2, 0.25) is 0 Å². The van der Waals surface area contributed by atoms with Crippen LogP contribution in [0.3, 0.4) is 0 Å². The van der Waals surface area contributed by atoms with E-state index in [1.165, 1.54) is 7.11 Å². The fraction of sp³-hybridized carbons (Fsp3) is 0.429. The van der Waals surface area contributed by atoms with Crippen molar-refractivity contribution in [2.45, 2.75) is 26.2 Å². The first kappa shape index (κ1) is 12.6. The largest absolute Gasteiger partial charge is 0.465 e. The lowest BCUT2D eigenvalue weighted by atomic mass is 9.94. The van der Waals surface area contributed by atoms with Crippen LogP contribution in [0.5, 0.6) is 0 Å². The van der Waals surface area contributed by atoms with Crippen LogP contribution in [0.1, 0.15) is 34.8 Å². The highest BCUT2D eigenvalue weighted by Crippen LogP contribution is 2.32. The number of carbonyl (C=O) groups is 2. The van der Waals surface area contributed by atoms with E-state index in [0.717, 1.165) is 23.2 Å². The first-order valence-electron chi connectivity index (χ1n) is 6.09. The maximum Gasteiger partial charge on any atom is 0.337 e. The summed E-state index contributed by atoms with van der Waals surface area (Å²) >= 11 is 0. The van der Waals surface area contributed by atoms with Crippen LogP contribution >= 0.6 is 0 Å². The molecule has 1 aromatic carbocycles. The van der Waals surface area contributed by atoms with E-state index in [-0.39, 0.29) is 11.9 Å². The summed E-state index contributed by atoms with van der Waals surface area (Å²) in [7, 11) is 3.17. The lowest BCUT2D eigenvalue weighted by Gasteiger charge is -2.28. The second kappa shape index (κ2) is 4.80. The molecule has 0 fully saturated rings. The Labute approximate surface area is 107 Å². The summed E-state index contributed by atoms with van der Waals surface area (Å²) in [5.41, 5.74) is 3.59. The molecular formula is C14H17NO3. The van der Waals surface area contributed by atoms with Gasteiger partial charge in [0.05, 0.1) is 12.7 Å². The van der Waals surface area contributed by atoms with E-state index >= 15 is 0 Å². The van der Waals surface area contributed by atoms with Gasteiger partial charge in [0.2, 0.25) is 5.91 Å². The fourth-order valence-corrected chi connectivity index (χ4v) is 2.42. The molecule has 1 aliphatic rings. The van der Waals surface area contributed by atoms with Crippen molar-refractivity contribution in [1.29, 1.82) is 0 Å². The molecule has 1 aromatic rings. The molecule has 0 saturated carbocycles. The van der Waals surface area contributed by atoms with Gasteiger partial charge < -0.3 is 9.64 Å². The lowest BCUT2D eigenvalue weighted by molar-refractivity contribution is -0.118. The number of hydrogen-bond acceptors (Lipinski definition) is 3. The van der Waals surface area contributed by atoms with E-state index in [0.29, 0.717) is 18.4 Å². The molecular weight excluding hydrogens is 230 g/mol. The monoisotopic (exact) mass is 247 g/mol. The molecule has 1 aliphatic heterocycles. The van der Waals surface area contributed by atoms with E-state index < -0.39 is 0 Å². The summed E-state index contributed by atoms with van der Waals surface area (Å²) in [6.45, 7) is 2.02. The van der Waals surface area contributed by atoms with Crippen molar-refractivity contribution < 1.29 is 14.3 Å². The molecule has 0 aromatic heterocycles. The van der Waals surface area contributed by atoms with Crippen molar-refractivity contribution in [3.05, 3.63) is 28.8 Å². The third-order valence-electron chi connectivity index (χ3n) is 3.39. The highest BCUT2D eigenvalue weighted by Gasteiger charge is 2.24. The first-order chi connectivity index (χ1) is 8.58. The van der Waals surface area contributed by atoms with E-state index in [1.54, 1.807) is 11.9 Å². The third-order valence-corrected chi connectivity index (χ3v) is 3.39. The van der Waals surface area contributed by atoms with Gasteiger partial charge in [0.1, 0.15) is 0 Å². The minimum Gasteiger partial charge on any atom is -0.465 e. The van der Waals surface area contributed by atoms with Gasteiger partial charge in [-0.25, -0.2) is 4.79 Å². The maximum absolute atomic E-state index is 11.7. The number of carbonyl (C=O) groups excluding carboxylic acids is 2. The molecule has 0 bridgehead atoms. The Kier molecular flexibility index (Phi) is 3.36. The molecule has 18 heavy (non-hydrogen) atoms. The zero-order valence-corrected chi connectivity index (χ0v) is 10.9. The average molecular weight is 247 g/mol. The molecule has 0 spiro atoms. The predicted molar refractivity (Wildman–Crippen MR) is 68.9 cm³/mol. The Balaban J connectivity index is 2.56. The van der Waals surface area contributed by atoms with Crippen LogP contribution in [-0.4, -0.2) is 26.0 Å². The number of fused-ring (bicyclic) bond motifs is 1. The van der Waals surface area contributed by atoms with Gasteiger partial charge in [-0.05, 0) is 36.1 Å². The van der Waals surface area contributed by atoms with Crippen LogP contribution < -0.4 is 4.90 Å². The molecule has 1 amide bonds. The van der Waals surface area contributed by atoms with E-state index in [9.17, 15) is 9.59 Å². The number of amides is 1. The van der Waals surface area contributed by atoms with Gasteiger partial charge in [-0.2, -0.15) is 0 Å². The van der Waals surface area contributed by atoms with Gasteiger partial charge in [0.25, 0.3) is 0 Å².